The van der Waals surface area contributed by atoms with Crippen LogP contribution in [0, 0.1) is 0 Å². The molecule has 0 atom stereocenters. The van der Waals surface area contributed by atoms with Crippen LogP contribution in [0.4, 0.5) is 4.79 Å². The maximum Gasteiger partial charge on any atom is 0.254 e. The van der Waals surface area contributed by atoms with Crippen LogP contribution in [0.2, 0.25) is 0 Å². The number of carbonyl (C=O) groups is 1. The zero-order chi connectivity index (χ0) is 24.9. The summed E-state index contributed by atoms with van der Waals surface area (Å²) in [4.78, 5) is 8.44. The molecule has 33 heavy (non-hydrogen) atoms. The molecule has 0 radical (unpaired) electrons. The van der Waals surface area contributed by atoms with E-state index in [0.29, 0.717) is 23.7 Å². The molecule has 2 aromatic carbocycles. The highest BCUT2D eigenvalue weighted by Gasteiger charge is 2.23. The molecule has 0 aliphatic heterocycles. The minimum absolute atomic E-state index is 0.480. The van der Waals surface area contributed by atoms with Gasteiger partial charge in [-0.25, -0.2) is 9.13 Å². The van der Waals surface area contributed by atoms with Crippen LogP contribution in [0.25, 0.3) is 11.4 Å². The van der Waals surface area contributed by atoms with E-state index in [-0.39, 0.29) is 0 Å². The first-order valence-corrected chi connectivity index (χ1v) is 11.7. The number of benzene rings is 2. The van der Waals surface area contributed by atoms with Gasteiger partial charge < -0.3 is 15.0 Å². The van der Waals surface area contributed by atoms with Gasteiger partial charge in [0.2, 0.25) is 6.16 Å². The van der Waals surface area contributed by atoms with Crippen LogP contribution in [0.15, 0.2) is 55.1 Å². The monoisotopic (exact) mass is 450 g/mol. The van der Waals surface area contributed by atoms with Crippen LogP contribution < -0.4 is 9.67 Å². The SMILES string of the molecule is CC(C)c1cccc(C(C)C)c1-n1cc[n+](-c2c(C(C)C)cccc2C(C)C)c1.O=C([O-])O. The first-order chi connectivity index (χ1) is 15.5. The number of hydrogen-bond donors (Lipinski definition) is 1. The van der Waals surface area contributed by atoms with Crippen molar-refractivity contribution in [3.05, 3.63) is 77.4 Å². The summed E-state index contributed by atoms with van der Waals surface area (Å²) in [6, 6.07) is 13.5. The van der Waals surface area contributed by atoms with Crippen molar-refractivity contribution in [2.45, 2.75) is 79.1 Å². The van der Waals surface area contributed by atoms with Gasteiger partial charge in [-0.15, -0.1) is 0 Å². The number of aromatic nitrogens is 2. The smallest absolute Gasteiger partial charge is 0.254 e. The quantitative estimate of drug-likeness (QED) is 0.459. The van der Waals surface area contributed by atoms with Gasteiger partial charge in [0.05, 0.1) is 0 Å². The molecule has 0 spiro atoms. The molecule has 0 aliphatic carbocycles. The summed E-state index contributed by atoms with van der Waals surface area (Å²) >= 11 is 0. The van der Waals surface area contributed by atoms with Crippen LogP contribution >= 0.6 is 0 Å². The third kappa shape index (κ3) is 6.25. The van der Waals surface area contributed by atoms with E-state index < -0.39 is 6.16 Å². The molecule has 1 N–H and O–H groups in total. The summed E-state index contributed by atoms with van der Waals surface area (Å²) < 4.78 is 4.65. The lowest BCUT2D eigenvalue weighted by Crippen LogP contribution is -2.31. The molecule has 0 bridgehead atoms. The Balaban J connectivity index is 0.000000890. The highest BCUT2D eigenvalue weighted by molar-refractivity contribution is 5.51. The van der Waals surface area contributed by atoms with E-state index in [9.17, 15) is 0 Å². The Kier molecular flexibility index (Phi) is 8.86. The van der Waals surface area contributed by atoms with Crippen molar-refractivity contribution in [2.75, 3.05) is 0 Å². The van der Waals surface area contributed by atoms with Gasteiger partial charge in [-0.05, 0) is 23.7 Å². The molecule has 5 heteroatoms. The minimum atomic E-state index is -2.08. The molecule has 0 aliphatic rings. The first-order valence-electron chi connectivity index (χ1n) is 11.7. The zero-order valence-corrected chi connectivity index (χ0v) is 21.2. The molecule has 0 amide bonds. The van der Waals surface area contributed by atoms with Crippen molar-refractivity contribution in [1.29, 1.82) is 0 Å². The lowest BCUT2D eigenvalue weighted by atomic mass is 9.92. The maximum atomic E-state index is 8.44. The van der Waals surface area contributed by atoms with E-state index in [1.807, 2.05) is 0 Å². The summed E-state index contributed by atoms with van der Waals surface area (Å²) in [5.41, 5.74) is 8.29. The molecule has 3 aromatic rings. The Hall–Kier alpha value is -3.08. The Morgan fingerprint density at radius 2 is 1.15 bits per heavy atom. The summed E-state index contributed by atoms with van der Waals surface area (Å²) in [6.07, 6.45) is 4.61. The van der Waals surface area contributed by atoms with Crippen molar-refractivity contribution in [3.63, 3.8) is 0 Å². The van der Waals surface area contributed by atoms with E-state index >= 15 is 0 Å². The molecule has 1 heterocycles. The fourth-order valence-corrected chi connectivity index (χ4v) is 4.24. The minimum Gasteiger partial charge on any atom is -0.565 e. The molecule has 0 saturated heterocycles. The molecule has 0 fully saturated rings. The first kappa shape index (κ1) is 26.2. The van der Waals surface area contributed by atoms with E-state index in [4.69, 9.17) is 15.0 Å². The van der Waals surface area contributed by atoms with E-state index in [0.717, 1.165) is 0 Å². The Morgan fingerprint density at radius 3 is 1.52 bits per heavy atom. The predicted molar refractivity (Wildman–Crippen MR) is 132 cm³/mol. The zero-order valence-electron chi connectivity index (χ0n) is 21.2. The average molecular weight is 451 g/mol. The van der Waals surface area contributed by atoms with E-state index in [1.165, 1.54) is 33.6 Å². The molecule has 178 valence electrons. The Morgan fingerprint density at radius 1 is 0.788 bits per heavy atom. The van der Waals surface area contributed by atoms with Crippen LogP contribution in [-0.2, 0) is 0 Å². The van der Waals surface area contributed by atoms with Gasteiger partial charge >= 0.3 is 0 Å². The topological polar surface area (TPSA) is 69.2 Å². The fraction of sp³-hybridized carbons (Fsp3) is 0.429. The highest BCUT2D eigenvalue weighted by atomic mass is 16.6. The number of hydrogen-bond acceptors (Lipinski definition) is 2. The van der Waals surface area contributed by atoms with Crippen LogP contribution in [0.3, 0.4) is 0 Å². The van der Waals surface area contributed by atoms with Crippen molar-refractivity contribution < 1.29 is 19.6 Å². The number of nitrogens with zero attached hydrogens (tertiary/aromatic N) is 2. The Bertz CT molecular complexity index is 944. The van der Waals surface area contributed by atoms with E-state index in [1.54, 1.807) is 0 Å². The number of imidazole rings is 1. The summed E-state index contributed by atoms with van der Waals surface area (Å²) in [6.45, 7) is 18.3. The van der Waals surface area contributed by atoms with Crippen molar-refractivity contribution >= 4 is 6.16 Å². The molecule has 1 aromatic heterocycles. The number of rotatable bonds is 6. The van der Waals surface area contributed by atoms with Gasteiger partial charge in [-0.1, -0.05) is 91.8 Å². The molecule has 0 saturated carbocycles. The number of para-hydroxylation sites is 2. The summed E-state index contributed by atoms with van der Waals surface area (Å²) in [5.74, 6) is 1.92. The third-order valence-corrected chi connectivity index (χ3v) is 5.84. The van der Waals surface area contributed by atoms with E-state index in [2.05, 4.69) is 120 Å². The molecule has 5 nitrogen and oxygen atoms in total. The lowest BCUT2D eigenvalue weighted by Gasteiger charge is -2.17. The van der Waals surface area contributed by atoms with Crippen molar-refractivity contribution in [3.8, 4) is 11.4 Å². The van der Waals surface area contributed by atoms with Crippen LogP contribution in [0.1, 0.15) is 101 Å². The van der Waals surface area contributed by atoms with Gasteiger partial charge in [-0.2, -0.15) is 0 Å². The third-order valence-electron chi connectivity index (χ3n) is 5.84. The largest absolute Gasteiger partial charge is 0.565 e. The van der Waals surface area contributed by atoms with Crippen molar-refractivity contribution in [2.24, 2.45) is 0 Å². The molecule has 3 rings (SSSR count). The molecular formula is C28H38N2O3. The van der Waals surface area contributed by atoms with Crippen LogP contribution in [0.5, 0.6) is 0 Å². The number of carboxylic acid groups (broad SMARTS) is 2. The van der Waals surface area contributed by atoms with Gasteiger partial charge in [0, 0.05) is 22.3 Å². The second kappa shape index (κ2) is 11.2. The lowest BCUT2D eigenvalue weighted by molar-refractivity contribution is -0.596. The normalized spacial score (nSPS) is 11.3. The standard InChI is InChI=1S/C27H37N2.CH2O3/c1-18(2)22-11-9-12-23(19(3)4)26(22)28-15-16-29(17-28)27-24(20(5)6)13-10-14-25(27)21(7)8;2-1(3)4/h9-21H,1-8H3;(H2,2,3,4)/q+1;/p-1. The maximum absolute atomic E-state index is 8.44. The summed E-state index contributed by atoms with van der Waals surface area (Å²) in [7, 11) is 0. The van der Waals surface area contributed by atoms with Gasteiger partial charge in [0.15, 0.2) is 0 Å². The van der Waals surface area contributed by atoms with Crippen LogP contribution in [-0.4, -0.2) is 15.8 Å². The fourth-order valence-electron chi connectivity index (χ4n) is 4.24. The highest BCUT2D eigenvalue weighted by Crippen LogP contribution is 2.32. The van der Waals surface area contributed by atoms with Gasteiger partial charge in [-0.3, -0.25) is 0 Å². The molecule has 0 unspecified atom stereocenters. The molecular weight excluding hydrogens is 412 g/mol. The van der Waals surface area contributed by atoms with Gasteiger partial charge in [0.1, 0.15) is 23.8 Å². The predicted octanol–water partition coefficient (Wildman–Crippen LogP) is 6.14. The van der Waals surface area contributed by atoms with Gasteiger partial charge in [0.25, 0.3) is 6.33 Å². The summed E-state index contributed by atoms with van der Waals surface area (Å²) in [5, 5.41) is 15.3. The second-order valence-corrected chi connectivity index (χ2v) is 9.68. The van der Waals surface area contributed by atoms with Crippen molar-refractivity contribution in [1.82, 2.24) is 4.57 Å². The average Bonchev–Trinajstić information content (AvgIpc) is 3.21. The second-order valence-electron chi connectivity index (χ2n) is 9.68. The Labute approximate surface area is 198 Å².